The van der Waals surface area contributed by atoms with Gasteiger partial charge in [-0.05, 0) is 32.4 Å². The van der Waals surface area contributed by atoms with Crippen molar-refractivity contribution < 1.29 is 13.2 Å². The van der Waals surface area contributed by atoms with Crippen LogP contribution in [0.3, 0.4) is 0 Å². The number of nitrogens with one attached hydrogen (secondary N) is 1. The number of aromatic nitrogens is 1. The number of aryl methyl sites for hydroxylation is 1. The zero-order valence-electron chi connectivity index (χ0n) is 11.3. The van der Waals surface area contributed by atoms with Gasteiger partial charge >= 0.3 is 6.18 Å². The third-order valence-electron chi connectivity index (χ3n) is 3.15. The van der Waals surface area contributed by atoms with Gasteiger partial charge in [0.25, 0.3) is 0 Å². The lowest BCUT2D eigenvalue weighted by atomic mass is 10.0. The topological polar surface area (TPSA) is 24.9 Å². The van der Waals surface area contributed by atoms with E-state index in [0.29, 0.717) is 28.7 Å². The Hall–Kier alpha value is -1.30. The number of hydrogen-bond donors (Lipinski definition) is 1. The number of benzene rings is 1. The van der Waals surface area contributed by atoms with E-state index in [9.17, 15) is 13.2 Å². The van der Waals surface area contributed by atoms with Crippen LogP contribution in [0.25, 0.3) is 10.9 Å². The van der Waals surface area contributed by atoms with Gasteiger partial charge in [0.1, 0.15) is 5.69 Å². The zero-order chi connectivity index (χ0) is 15.1. The van der Waals surface area contributed by atoms with Gasteiger partial charge in [-0.2, -0.15) is 13.2 Å². The van der Waals surface area contributed by atoms with E-state index < -0.39 is 11.9 Å². The second-order valence-electron chi connectivity index (χ2n) is 4.58. The first-order valence-electron chi connectivity index (χ1n) is 6.17. The van der Waals surface area contributed by atoms with Gasteiger partial charge in [0.2, 0.25) is 0 Å². The maximum absolute atomic E-state index is 13.1. The molecule has 0 bridgehead atoms. The van der Waals surface area contributed by atoms with E-state index in [2.05, 4.69) is 26.2 Å². The summed E-state index contributed by atoms with van der Waals surface area (Å²) in [5.41, 5.74) is 0.863. The molecule has 0 unspecified atom stereocenters. The standard InChI is InChI=1S/C14H14BrF3N2/c1-4-19-12-8(3)13(14(16,17)18)20-11-7(2)5-6-9(15)10(11)12/h5-6H,4H2,1-3H3,(H,19,20). The van der Waals surface area contributed by atoms with Crippen LogP contribution < -0.4 is 5.32 Å². The van der Waals surface area contributed by atoms with Crippen molar-refractivity contribution in [1.29, 1.82) is 0 Å². The molecular formula is C14H14BrF3N2. The minimum atomic E-state index is -4.46. The van der Waals surface area contributed by atoms with Gasteiger partial charge in [0, 0.05) is 27.7 Å². The van der Waals surface area contributed by atoms with Gasteiger partial charge < -0.3 is 5.32 Å². The van der Waals surface area contributed by atoms with Crippen molar-refractivity contribution in [3.05, 3.63) is 33.4 Å². The molecule has 0 atom stereocenters. The van der Waals surface area contributed by atoms with Crippen molar-refractivity contribution in [3.63, 3.8) is 0 Å². The number of anilines is 1. The van der Waals surface area contributed by atoms with Gasteiger partial charge in [-0.3, -0.25) is 0 Å². The largest absolute Gasteiger partial charge is 0.433 e. The molecule has 1 aromatic heterocycles. The molecule has 0 aliphatic carbocycles. The van der Waals surface area contributed by atoms with Crippen LogP contribution in [0.15, 0.2) is 16.6 Å². The predicted molar refractivity (Wildman–Crippen MR) is 78.1 cm³/mol. The van der Waals surface area contributed by atoms with Crippen LogP contribution in [0.2, 0.25) is 0 Å². The molecule has 0 saturated carbocycles. The molecule has 20 heavy (non-hydrogen) atoms. The number of pyridine rings is 1. The first-order valence-corrected chi connectivity index (χ1v) is 6.97. The van der Waals surface area contributed by atoms with E-state index in [4.69, 9.17) is 0 Å². The molecule has 0 aliphatic heterocycles. The lowest BCUT2D eigenvalue weighted by Crippen LogP contribution is -2.14. The highest BCUT2D eigenvalue weighted by molar-refractivity contribution is 9.10. The summed E-state index contributed by atoms with van der Waals surface area (Å²) in [6.07, 6.45) is -4.46. The fourth-order valence-electron chi connectivity index (χ4n) is 2.23. The molecule has 2 rings (SSSR count). The minimum absolute atomic E-state index is 0.123. The fourth-order valence-corrected chi connectivity index (χ4v) is 2.75. The maximum Gasteiger partial charge on any atom is 0.433 e. The highest BCUT2D eigenvalue weighted by atomic mass is 79.9. The molecule has 2 nitrogen and oxygen atoms in total. The molecule has 0 spiro atoms. The number of hydrogen-bond acceptors (Lipinski definition) is 2. The van der Waals surface area contributed by atoms with Crippen molar-refractivity contribution in [3.8, 4) is 0 Å². The summed E-state index contributed by atoms with van der Waals surface area (Å²) in [4.78, 5) is 3.85. The minimum Gasteiger partial charge on any atom is -0.384 e. The molecule has 0 radical (unpaired) electrons. The van der Waals surface area contributed by atoms with Crippen molar-refractivity contribution in [2.24, 2.45) is 0 Å². The van der Waals surface area contributed by atoms with Crippen LogP contribution in [0.5, 0.6) is 0 Å². The van der Waals surface area contributed by atoms with Crippen LogP contribution in [-0.4, -0.2) is 11.5 Å². The highest BCUT2D eigenvalue weighted by Crippen LogP contribution is 2.40. The summed E-state index contributed by atoms with van der Waals surface area (Å²) >= 11 is 3.40. The number of fused-ring (bicyclic) bond motifs is 1. The van der Waals surface area contributed by atoms with E-state index in [1.54, 1.807) is 13.0 Å². The van der Waals surface area contributed by atoms with Crippen LogP contribution >= 0.6 is 15.9 Å². The first kappa shape index (κ1) is 15.1. The average Bonchev–Trinajstić information content (AvgIpc) is 2.35. The fraction of sp³-hybridized carbons (Fsp3) is 0.357. The van der Waals surface area contributed by atoms with Gasteiger partial charge in [0.05, 0.1) is 5.52 Å². The van der Waals surface area contributed by atoms with Crippen molar-refractivity contribution in [2.75, 3.05) is 11.9 Å². The second kappa shape index (κ2) is 5.24. The average molecular weight is 347 g/mol. The van der Waals surface area contributed by atoms with Crippen LogP contribution in [0.4, 0.5) is 18.9 Å². The molecule has 0 fully saturated rings. The Balaban J connectivity index is 2.95. The Kier molecular flexibility index (Phi) is 3.95. The highest BCUT2D eigenvalue weighted by Gasteiger charge is 2.36. The van der Waals surface area contributed by atoms with Crippen LogP contribution in [0, 0.1) is 13.8 Å². The molecule has 2 aromatic rings. The van der Waals surface area contributed by atoms with E-state index in [0.717, 1.165) is 4.47 Å². The predicted octanol–water partition coefficient (Wildman–Crippen LogP) is 5.06. The molecule has 1 heterocycles. The number of rotatable bonds is 2. The normalized spacial score (nSPS) is 11.9. The monoisotopic (exact) mass is 346 g/mol. The summed E-state index contributed by atoms with van der Waals surface area (Å²) in [7, 11) is 0. The van der Waals surface area contributed by atoms with E-state index in [1.807, 2.05) is 13.0 Å². The number of nitrogens with zero attached hydrogens (tertiary/aromatic N) is 1. The van der Waals surface area contributed by atoms with Crippen LogP contribution in [0.1, 0.15) is 23.7 Å². The van der Waals surface area contributed by atoms with Crippen molar-refractivity contribution >= 4 is 32.5 Å². The molecule has 1 N–H and O–H groups in total. The summed E-state index contributed by atoms with van der Waals surface area (Å²) < 4.78 is 40.1. The third kappa shape index (κ3) is 2.49. The molecule has 6 heteroatoms. The zero-order valence-corrected chi connectivity index (χ0v) is 12.9. The van der Waals surface area contributed by atoms with Crippen LogP contribution in [-0.2, 0) is 6.18 Å². The Morgan fingerprint density at radius 1 is 1.25 bits per heavy atom. The number of halogens is 4. The van der Waals surface area contributed by atoms with Gasteiger partial charge in [-0.25, -0.2) is 4.98 Å². The Bertz CT molecular complexity index is 666. The molecular weight excluding hydrogens is 333 g/mol. The third-order valence-corrected chi connectivity index (χ3v) is 3.82. The Morgan fingerprint density at radius 2 is 1.90 bits per heavy atom. The van der Waals surface area contributed by atoms with Gasteiger partial charge in [-0.1, -0.05) is 22.0 Å². The number of alkyl halides is 3. The van der Waals surface area contributed by atoms with E-state index >= 15 is 0 Å². The smallest absolute Gasteiger partial charge is 0.384 e. The Labute approximate surface area is 123 Å². The summed E-state index contributed by atoms with van der Waals surface area (Å²) in [6.45, 7) is 5.59. The SMILES string of the molecule is CCNc1c(C)c(C(F)(F)F)nc2c(C)ccc(Br)c12. The maximum atomic E-state index is 13.1. The summed E-state index contributed by atoms with van der Waals surface area (Å²) in [5.74, 6) is 0. The second-order valence-corrected chi connectivity index (χ2v) is 5.43. The lowest BCUT2D eigenvalue weighted by Gasteiger charge is -2.18. The lowest BCUT2D eigenvalue weighted by molar-refractivity contribution is -0.141. The molecule has 0 amide bonds. The van der Waals surface area contributed by atoms with E-state index in [-0.39, 0.29) is 5.56 Å². The summed E-state index contributed by atoms with van der Waals surface area (Å²) in [5, 5.41) is 3.72. The molecule has 0 aliphatic rings. The van der Waals surface area contributed by atoms with Gasteiger partial charge in [0.15, 0.2) is 0 Å². The molecule has 0 saturated heterocycles. The Morgan fingerprint density at radius 3 is 2.45 bits per heavy atom. The molecule has 1 aromatic carbocycles. The quantitative estimate of drug-likeness (QED) is 0.821. The summed E-state index contributed by atoms with van der Waals surface area (Å²) in [6, 6.07) is 3.58. The van der Waals surface area contributed by atoms with E-state index in [1.165, 1.54) is 6.92 Å². The van der Waals surface area contributed by atoms with Gasteiger partial charge in [-0.15, -0.1) is 0 Å². The first-order chi connectivity index (χ1) is 9.27. The van der Waals surface area contributed by atoms with Crippen molar-refractivity contribution in [1.82, 2.24) is 4.98 Å². The molecule has 108 valence electrons. The van der Waals surface area contributed by atoms with Crippen molar-refractivity contribution in [2.45, 2.75) is 26.9 Å².